The van der Waals surface area contributed by atoms with Crippen molar-refractivity contribution in [1.82, 2.24) is 20.9 Å². The van der Waals surface area contributed by atoms with Crippen molar-refractivity contribution in [3.05, 3.63) is 0 Å². The molecule has 30 heavy (non-hydrogen) atoms. The number of carboxylic acids is 1. The number of nitrogens with one attached hydrogen (secondary N) is 3. The van der Waals surface area contributed by atoms with Crippen molar-refractivity contribution in [3.8, 4) is 0 Å². The average Bonchev–Trinajstić information content (AvgIpc) is 3.22. The summed E-state index contributed by atoms with van der Waals surface area (Å²) in [4.78, 5) is 60.7. The third-order valence-corrected chi connectivity index (χ3v) is 4.87. The predicted octanol–water partition coefficient (Wildman–Crippen LogP) is -2.24. The Labute approximate surface area is 174 Å². The summed E-state index contributed by atoms with van der Waals surface area (Å²) >= 11 is 0. The van der Waals surface area contributed by atoms with Crippen LogP contribution in [0, 0.1) is 5.92 Å². The van der Waals surface area contributed by atoms with Crippen molar-refractivity contribution < 1.29 is 33.8 Å². The van der Waals surface area contributed by atoms with E-state index >= 15 is 0 Å². The zero-order valence-electron chi connectivity index (χ0n) is 17.3. The molecule has 0 spiro atoms. The van der Waals surface area contributed by atoms with Gasteiger partial charge in [-0.25, -0.2) is 4.79 Å². The fourth-order valence-electron chi connectivity index (χ4n) is 3.01. The van der Waals surface area contributed by atoms with Crippen molar-refractivity contribution in [1.29, 1.82) is 0 Å². The maximum atomic E-state index is 12.8. The predicted molar refractivity (Wildman–Crippen MR) is 105 cm³/mol. The average molecular weight is 429 g/mol. The van der Waals surface area contributed by atoms with Crippen LogP contribution in [0.1, 0.15) is 33.1 Å². The second-order valence-corrected chi connectivity index (χ2v) is 7.03. The second kappa shape index (κ2) is 12.8. The summed E-state index contributed by atoms with van der Waals surface area (Å²) in [6.07, 6.45) is 1.67. The van der Waals surface area contributed by atoms with E-state index in [1.807, 2.05) is 6.92 Å². The lowest BCUT2D eigenvalue weighted by atomic mass is 9.97. The number of nitrogens with two attached hydrogens (primary N) is 1. The first-order chi connectivity index (χ1) is 14.2. The third-order valence-electron chi connectivity index (χ3n) is 4.87. The Bertz CT molecular complexity index is 642. The molecule has 12 nitrogen and oxygen atoms in total. The number of ether oxygens (including phenoxy) is 1. The van der Waals surface area contributed by atoms with Gasteiger partial charge in [-0.1, -0.05) is 20.3 Å². The molecule has 1 heterocycles. The molecular formula is C18H31N5O7. The Morgan fingerprint density at radius 1 is 1.23 bits per heavy atom. The molecule has 3 atom stereocenters. The largest absolute Gasteiger partial charge is 0.480 e. The lowest BCUT2D eigenvalue weighted by Crippen LogP contribution is -2.56. The van der Waals surface area contributed by atoms with Crippen LogP contribution >= 0.6 is 0 Å². The molecule has 0 unspecified atom stereocenters. The van der Waals surface area contributed by atoms with Gasteiger partial charge in [0.15, 0.2) is 0 Å². The lowest BCUT2D eigenvalue weighted by molar-refractivity contribution is -0.144. The molecular weight excluding hydrogens is 398 g/mol. The van der Waals surface area contributed by atoms with Gasteiger partial charge < -0.3 is 36.4 Å². The van der Waals surface area contributed by atoms with Gasteiger partial charge in [-0.2, -0.15) is 0 Å². The molecule has 0 aromatic heterocycles. The molecule has 1 aliphatic rings. The molecule has 0 aliphatic carbocycles. The molecule has 170 valence electrons. The number of carboxylic acid groups (broad SMARTS) is 1. The molecule has 4 amide bonds. The van der Waals surface area contributed by atoms with E-state index < -0.39 is 48.3 Å². The van der Waals surface area contributed by atoms with Crippen LogP contribution in [0.5, 0.6) is 0 Å². The molecule has 0 radical (unpaired) electrons. The molecule has 0 bridgehead atoms. The topological polar surface area (TPSA) is 180 Å². The Hall–Kier alpha value is -2.73. The van der Waals surface area contributed by atoms with Gasteiger partial charge in [-0.15, -0.1) is 0 Å². The molecule has 6 N–H and O–H groups in total. The summed E-state index contributed by atoms with van der Waals surface area (Å²) in [6, 6.07) is -1.61. The highest BCUT2D eigenvalue weighted by molar-refractivity contribution is 5.93. The molecule has 1 aliphatic heterocycles. The van der Waals surface area contributed by atoms with Crippen LogP contribution in [-0.2, 0) is 28.7 Å². The standard InChI is InChI=1S/C18H31N5O7/c1-3-11(2)16(18(29)21-10-30-9-15(26)27)22-17(28)12-5-4-6-23(12)14(25)8-20-13(24)7-19/h11-12,16H,3-10,19H2,1-2H3,(H,20,24)(H,21,29)(H,22,28)(H,26,27)/t11-,12-,16-/m0/s1. The van der Waals surface area contributed by atoms with E-state index in [9.17, 15) is 24.0 Å². The van der Waals surface area contributed by atoms with Crippen LogP contribution in [0.3, 0.4) is 0 Å². The summed E-state index contributed by atoms with van der Waals surface area (Å²) in [7, 11) is 0. The minimum absolute atomic E-state index is 0.206. The van der Waals surface area contributed by atoms with Crippen molar-refractivity contribution in [2.45, 2.75) is 45.2 Å². The monoisotopic (exact) mass is 429 g/mol. The highest BCUT2D eigenvalue weighted by Gasteiger charge is 2.36. The summed E-state index contributed by atoms with van der Waals surface area (Å²) in [5.41, 5.74) is 5.19. The number of hydrogen-bond donors (Lipinski definition) is 5. The van der Waals surface area contributed by atoms with Gasteiger partial charge in [0, 0.05) is 6.54 Å². The van der Waals surface area contributed by atoms with E-state index in [4.69, 9.17) is 15.6 Å². The second-order valence-electron chi connectivity index (χ2n) is 7.03. The number of nitrogens with zero attached hydrogens (tertiary/aromatic N) is 1. The van der Waals surface area contributed by atoms with Gasteiger partial charge in [0.1, 0.15) is 25.4 Å². The molecule has 1 saturated heterocycles. The molecule has 0 saturated carbocycles. The molecule has 0 aromatic rings. The number of rotatable bonds is 12. The van der Waals surface area contributed by atoms with Crippen molar-refractivity contribution in [2.24, 2.45) is 11.7 Å². The summed E-state index contributed by atoms with van der Waals surface area (Å²) in [5, 5.41) is 16.1. The maximum absolute atomic E-state index is 12.8. The number of aliphatic carboxylic acids is 1. The van der Waals surface area contributed by atoms with Gasteiger partial charge >= 0.3 is 5.97 Å². The van der Waals surface area contributed by atoms with Crippen LogP contribution in [0.15, 0.2) is 0 Å². The minimum atomic E-state index is -1.16. The molecule has 0 aromatic carbocycles. The number of carbonyl (C=O) groups excluding carboxylic acids is 4. The minimum Gasteiger partial charge on any atom is -0.480 e. The highest BCUT2D eigenvalue weighted by Crippen LogP contribution is 2.18. The van der Waals surface area contributed by atoms with E-state index in [1.165, 1.54) is 4.90 Å². The Morgan fingerprint density at radius 2 is 1.93 bits per heavy atom. The first-order valence-corrected chi connectivity index (χ1v) is 9.85. The summed E-state index contributed by atoms with van der Waals surface area (Å²) in [5.74, 6) is -3.21. The zero-order chi connectivity index (χ0) is 22.7. The van der Waals surface area contributed by atoms with Gasteiger partial charge in [0.2, 0.25) is 23.6 Å². The quantitative estimate of drug-likeness (QED) is 0.170. The number of likely N-dealkylation sites (tertiary alicyclic amines) is 1. The number of carbonyl (C=O) groups is 5. The van der Waals surface area contributed by atoms with Crippen LogP contribution in [0.4, 0.5) is 0 Å². The van der Waals surface area contributed by atoms with Crippen LogP contribution in [-0.4, -0.2) is 84.7 Å². The van der Waals surface area contributed by atoms with Gasteiger partial charge in [0.25, 0.3) is 0 Å². The number of hydrogen-bond acceptors (Lipinski definition) is 7. The third kappa shape index (κ3) is 7.95. The smallest absolute Gasteiger partial charge is 0.329 e. The van der Waals surface area contributed by atoms with Crippen LogP contribution < -0.4 is 21.7 Å². The van der Waals surface area contributed by atoms with E-state index in [2.05, 4.69) is 16.0 Å². The molecule has 1 fully saturated rings. The van der Waals surface area contributed by atoms with E-state index in [1.54, 1.807) is 6.92 Å². The lowest BCUT2D eigenvalue weighted by Gasteiger charge is -2.28. The van der Waals surface area contributed by atoms with Crippen molar-refractivity contribution >= 4 is 29.6 Å². The van der Waals surface area contributed by atoms with Crippen molar-refractivity contribution in [2.75, 3.05) is 33.0 Å². The SMILES string of the molecule is CC[C@H](C)[C@H](NC(=O)[C@@H]1CCCN1C(=O)CNC(=O)CN)C(=O)NCOCC(=O)O. The fraction of sp³-hybridized carbons (Fsp3) is 0.722. The van der Waals surface area contributed by atoms with Gasteiger partial charge in [-0.3, -0.25) is 19.2 Å². The Kier molecular flexibility index (Phi) is 10.8. The number of amides is 4. The summed E-state index contributed by atoms with van der Waals surface area (Å²) in [6.45, 7) is 2.68. The maximum Gasteiger partial charge on any atom is 0.329 e. The van der Waals surface area contributed by atoms with Crippen LogP contribution in [0.25, 0.3) is 0 Å². The van der Waals surface area contributed by atoms with Crippen molar-refractivity contribution in [3.63, 3.8) is 0 Å². The Morgan fingerprint density at radius 3 is 2.53 bits per heavy atom. The van der Waals surface area contributed by atoms with Gasteiger partial charge in [0.05, 0.1) is 13.1 Å². The summed E-state index contributed by atoms with van der Waals surface area (Å²) < 4.78 is 4.80. The van der Waals surface area contributed by atoms with E-state index in [-0.39, 0.29) is 25.7 Å². The van der Waals surface area contributed by atoms with Gasteiger partial charge in [-0.05, 0) is 18.8 Å². The van der Waals surface area contributed by atoms with Crippen LogP contribution in [0.2, 0.25) is 0 Å². The fourth-order valence-corrected chi connectivity index (χ4v) is 3.01. The molecule has 12 heteroatoms. The zero-order valence-corrected chi connectivity index (χ0v) is 17.3. The highest BCUT2D eigenvalue weighted by atomic mass is 16.5. The van der Waals surface area contributed by atoms with E-state index in [0.717, 1.165) is 0 Å². The first-order valence-electron chi connectivity index (χ1n) is 9.85. The Balaban J connectivity index is 2.70. The normalized spacial score (nSPS) is 17.7. The first kappa shape index (κ1) is 25.3. The molecule has 1 rings (SSSR count). The van der Waals surface area contributed by atoms with E-state index in [0.29, 0.717) is 25.8 Å².